The molecule has 0 radical (unpaired) electrons. The fourth-order valence-corrected chi connectivity index (χ4v) is 5.02. The van der Waals surface area contributed by atoms with Crippen molar-refractivity contribution in [1.82, 2.24) is 4.90 Å². The number of thiophene rings is 2. The quantitative estimate of drug-likeness (QED) is 0.325. The molecule has 30 heavy (non-hydrogen) atoms. The van der Waals surface area contributed by atoms with Gasteiger partial charge in [0, 0.05) is 15.3 Å². The van der Waals surface area contributed by atoms with Gasteiger partial charge in [0.1, 0.15) is 17.6 Å². The third-order valence-corrected chi connectivity index (χ3v) is 6.54. The number of ether oxygens (including phenoxy) is 1. The Morgan fingerprint density at radius 3 is 2.37 bits per heavy atom. The lowest BCUT2D eigenvalue weighted by atomic mass is 10.00. The van der Waals surface area contributed by atoms with Crippen molar-refractivity contribution in [2.75, 3.05) is 0 Å². The Kier molecular flexibility index (Phi) is 5.74. The number of carbonyl (C=O) groups excluding carboxylic acids is 2. The summed E-state index contributed by atoms with van der Waals surface area (Å²) in [6.45, 7) is 4.19. The molecule has 4 rings (SSSR count). The molecule has 1 atom stereocenters. The molecule has 3 aromatic rings. The second-order valence-corrected chi connectivity index (χ2v) is 9.22. The average Bonchev–Trinajstić information content (AvgIpc) is 3.46. The van der Waals surface area contributed by atoms with Crippen LogP contribution in [0.4, 0.5) is 0 Å². The number of rotatable bonds is 6. The van der Waals surface area contributed by atoms with Crippen molar-refractivity contribution in [3.63, 3.8) is 0 Å². The van der Waals surface area contributed by atoms with E-state index in [1.165, 1.54) is 22.7 Å². The minimum Gasteiger partial charge on any atom is -0.507 e. The van der Waals surface area contributed by atoms with E-state index in [1.54, 1.807) is 29.2 Å². The van der Waals surface area contributed by atoms with E-state index in [1.807, 2.05) is 48.9 Å². The fourth-order valence-electron chi connectivity index (χ4n) is 3.48. The zero-order valence-corrected chi connectivity index (χ0v) is 18.2. The van der Waals surface area contributed by atoms with E-state index in [-0.39, 0.29) is 17.4 Å². The van der Waals surface area contributed by atoms with Crippen molar-refractivity contribution >= 4 is 40.1 Å². The zero-order chi connectivity index (χ0) is 21.3. The summed E-state index contributed by atoms with van der Waals surface area (Å²) in [5, 5.41) is 14.9. The standard InChI is InChI=1S/C23H21NO4S2/c1-14(2)28-16-9-7-15(8-10-16)21(25)19-20(18-6-4-12-30-18)24(23(27)22(19)26)13-17-5-3-11-29-17/h3-12,14,20,25H,13H2,1-2H3/b21-19-. The molecule has 1 aromatic carbocycles. The van der Waals surface area contributed by atoms with E-state index in [2.05, 4.69) is 0 Å². The molecule has 7 heteroatoms. The van der Waals surface area contributed by atoms with Crippen LogP contribution in [-0.2, 0) is 16.1 Å². The molecule has 0 bridgehead atoms. The summed E-state index contributed by atoms with van der Waals surface area (Å²) >= 11 is 2.99. The molecule has 1 unspecified atom stereocenters. The van der Waals surface area contributed by atoms with Crippen LogP contribution in [-0.4, -0.2) is 27.8 Å². The average molecular weight is 440 g/mol. The number of benzene rings is 1. The summed E-state index contributed by atoms with van der Waals surface area (Å²) in [6, 6.07) is 13.9. The van der Waals surface area contributed by atoms with Gasteiger partial charge in [-0.05, 0) is 61.0 Å². The van der Waals surface area contributed by atoms with Crippen LogP contribution in [0, 0.1) is 0 Å². The Morgan fingerprint density at radius 1 is 1.07 bits per heavy atom. The Morgan fingerprint density at radius 2 is 1.77 bits per heavy atom. The number of Topliss-reactive ketones (excluding diaryl/α,β-unsaturated/α-hetero) is 1. The van der Waals surface area contributed by atoms with Gasteiger partial charge >= 0.3 is 0 Å². The summed E-state index contributed by atoms with van der Waals surface area (Å²) < 4.78 is 5.64. The predicted octanol–water partition coefficient (Wildman–Crippen LogP) is 5.22. The minimum atomic E-state index is -0.662. The highest BCUT2D eigenvalue weighted by molar-refractivity contribution is 7.10. The number of ketones is 1. The van der Waals surface area contributed by atoms with Crippen LogP contribution >= 0.6 is 22.7 Å². The Labute approximate surface area is 182 Å². The summed E-state index contributed by atoms with van der Waals surface area (Å²) in [5.41, 5.74) is 0.596. The third kappa shape index (κ3) is 3.91. The van der Waals surface area contributed by atoms with E-state index in [0.29, 0.717) is 17.9 Å². The van der Waals surface area contributed by atoms with Crippen LogP contribution in [0.25, 0.3) is 5.76 Å². The second-order valence-electron chi connectivity index (χ2n) is 7.21. The molecule has 1 aliphatic rings. The number of hydrogen-bond acceptors (Lipinski definition) is 6. The fraction of sp³-hybridized carbons (Fsp3) is 0.217. The van der Waals surface area contributed by atoms with Gasteiger partial charge in [-0.3, -0.25) is 9.59 Å². The van der Waals surface area contributed by atoms with E-state index < -0.39 is 17.7 Å². The van der Waals surface area contributed by atoms with E-state index >= 15 is 0 Å². The van der Waals surface area contributed by atoms with Crippen LogP contribution < -0.4 is 4.74 Å². The van der Waals surface area contributed by atoms with Gasteiger partial charge in [0.2, 0.25) is 0 Å². The molecule has 2 aromatic heterocycles. The first kappa shape index (κ1) is 20.4. The van der Waals surface area contributed by atoms with Crippen molar-refractivity contribution in [2.24, 2.45) is 0 Å². The van der Waals surface area contributed by atoms with Crippen molar-refractivity contribution < 1.29 is 19.4 Å². The van der Waals surface area contributed by atoms with Crippen LogP contribution in [0.1, 0.15) is 35.2 Å². The molecule has 1 N–H and O–H groups in total. The third-order valence-electron chi connectivity index (χ3n) is 4.76. The summed E-state index contributed by atoms with van der Waals surface area (Å²) in [6.07, 6.45) is 0.0332. The Balaban J connectivity index is 1.76. The zero-order valence-electron chi connectivity index (χ0n) is 16.6. The highest BCUT2D eigenvalue weighted by Gasteiger charge is 2.46. The first-order chi connectivity index (χ1) is 14.5. The smallest absolute Gasteiger partial charge is 0.296 e. The maximum absolute atomic E-state index is 13.0. The minimum absolute atomic E-state index is 0.0332. The largest absolute Gasteiger partial charge is 0.507 e. The molecule has 0 spiro atoms. The molecule has 5 nitrogen and oxygen atoms in total. The van der Waals surface area contributed by atoms with Crippen molar-refractivity contribution in [2.45, 2.75) is 32.5 Å². The SMILES string of the molecule is CC(C)Oc1ccc(/C(O)=C2/C(=O)C(=O)N(Cc3cccs3)C2c2cccs2)cc1. The maximum Gasteiger partial charge on any atom is 0.296 e. The van der Waals surface area contributed by atoms with Gasteiger partial charge in [0.25, 0.3) is 11.7 Å². The van der Waals surface area contributed by atoms with Gasteiger partial charge in [0.05, 0.1) is 18.2 Å². The lowest BCUT2D eigenvalue weighted by Crippen LogP contribution is -2.28. The lowest BCUT2D eigenvalue weighted by molar-refractivity contribution is -0.140. The first-order valence-electron chi connectivity index (χ1n) is 9.57. The maximum atomic E-state index is 13.0. The Hall–Kier alpha value is -2.90. The number of aliphatic hydroxyl groups excluding tert-OH is 1. The second kappa shape index (κ2) is 8.45. The molecule has 3 heterocycles. The van der Waals surface area contributed by atoms with Gasteiger partial charge in [-0.25, -0.2) is 0 Å². The summed E-state index contributed by atoms with van der Waals surface area (Å²) in [4.78, 5) is 29.2. The van der Waals surface area contributed by atoms with Crippen LogP contribution in [0.15, 0.2) is 64.9 Å². The number of aliphatic hydroxyl groups is 1. The molecule has 0 saturated carbocycles. The topological polar surface area (TPSA) is 66.8 Å². The molecule has 1 fully saturated rings. The monoisotopic (exact) mass is 439 g/mol. The first-order valence-corrected chi connectivity index (χ1v) is 11.3. The number of amides is 1. The number of likely N-dealkylation sites (tertiary alicyclic amines) is 1. The lowest BCUT2D eigenvalue weighted by Gasteiger charge is -2.23. The van der Waals surface area contributed by atoms with Gasteiger partial charge in [-0.15, -0.1) is 22.7 Å². The molecular weight excluding hydrogens is 418 g/mol. The van der Waals surface area contributed by atoms with Crippen LogP contribution in [0.5, 0.6) is 5.75 Å². The highest BCUT2D eigenvalue weighted by Crippen LogP contribution is 2.42. The molecular formula is C23H21NO4S2. The Bertz CT molecular complexity index is 1070. The van der Waals surface area contributed by atoms with Crippen molar-refractivity contribution in [1.29, 1.82) is 0 Å². The highest BCUT2D eigenvalue weighted by atomic mass is 32.1. The van der Waals surface area contributed by atoms with Crippen LogP contribution in [0.2, 0.25) is 0 Å². The summed E-state index contributed by atoms with van der Waals surface area (Å²) in [7, 11) is 0. The van der Waals surface area contributed by atoms with Crippen molar-refractivity contribution in [3.05, 3.63) is 80.2 Å². The number of nitrogens with zero attached hydrogens (tertiary/aromatic N) is 1. The molecule has 1 saturated heterocycles. The van der Waals surface area contributed by atoms with E-state index in [4.69, 9.17) is 4.74 Å². The molecule has 154 valence electrons. The van der Waals surface area contributed by atoms with Crippen LogP contribution in [0.3, 0.4) is 0 Å². The van der Waals surface area contributed by atoms with Gasteiger partial charge in [0.15, 0.2) is 0 Å². The van der Waals surface area contributed by atoms with Gasteiger partial charge in [-0.2, -0.15) is 0 Å². The van der Waals surface area contributed by atoms with E-state index in [9.17, 15) is 14.7 Å². The molecule has 1 amide bonds. The van der Waals surface area contributed by atoms with Crippen molar-refractivity contribution in [3.8, 4) is 5.75 Å². The number of hydrogen-bond donors (Lipinski definition) is 1. The molecule has 0 aliphatic carbocycles. The normalized spacial score (nSPS) is 18.4. The van der Waals surface area contributed by atoms with Gasteiger partial charge in [-0.1, -0.05) is 12.1 Å². The predicted molar refractivity (Wildman–Crippen MR) is 119 cm³/mol. The molecule has 1 aliphatic heterocycles. The van der Waals surface area contributed by atoms with Gasteiger partial charge < -0.3 is 14.7 Å². The summed E-state index contributed by atoms with van der Waals surface area (Å²) in [5.74, 6) is -0.751. The number of carbonyl (C=O) groups is 2. The van der Waals surface area contributed by atoms with E-state index in [0.717, 1.165) is 9.75 Å².